The Labute approximate surface area is 189 Å². The topological polar surface area (TPSA) is 49.9 Å². The van der Waals surface area contributed by atoms with Crippen molar-refractivity contribution in [3.63, 3.8) is 0 Å². The zero-order valence-electron chi connectivity index (χ0n) is 20.3. The van der Waals surface area contributed by atoms with Crippen LogP contribution in [0.15, 0.2) is 11.1 Å². The van der Waals surface area contributed by atoms with Crippen LogP contribution in [0.4, 0.5) is 0 Å². The summed E-state index contributed by atoms with van der Waals surface area (Å²) in [6.45, 7) is 1.07. The smallest absolute Gasteiger partial charge is 0.309 e. The third-order valence-corrected chi connectivity index (χ3v) is 7.69. The van der Waals surface area contributed by atoms with Crippen LogP contribution in [-0.4, -0.2) is 62.5 Å². The molecule has 4 unspecified atom stereocenters. The summed E-state index contributed by atoms with van der Waals surface area (Å²) in [6.07, 6.45) is 14.0. The van der Waals surface area contributed by atoms with Crippen molar-refractivity contribution >= 4 is 11.9 Å². The molecule has 0 radical (unpaired) electrons. The molecule has 176 valence electrons. The van der Waals surface area contributed by atoms with E-state index in [1.54, 1.807) is 30.1 Å². The zero-order chi connectivity index (χ0) is 22.4. The molecular formula is C26H44N2O3. The van der Waals surface area contributed by atoms with Crippen molar-refractivity contribution in [1.82, 2.24) is 9.80 Å². The van der Waals surface area contributed by atoms with E-state index in [1.165, 1.54) is 32.1 Å². The number of rotatable bonds is 7. The van der Waals surface area contributed by atoms with Crippen LogP contribution >= 0.6 is 0 Å². The molecule has 0 aromatic heterocycles. The maximum Gasteiger partial charge on any atom is 0.309 e. The van der Waals surface area contributed by atoms with E-state index < -0.39 is 0 Å². The first-order valence-electron chi connectivity index (χ1n) is 12.6. The molecule has 0 aromatic carbocycles. The number of nitrogens with zero attached hydrogens (tertiary/aromatic N) is 2. The van der Waals surface area contributed by atoms with Crippen LogP contribution in [0.3, 0.4) is 0 Å². The van der Waals surface area contributed by atoms with Gasteiger partial charge in [-0.1, -0.05) is 24.0 Å². The lowest BCUT2D eigenvalue weighted by atomic mass is 9.75. The summed E-state index contributed by atoms with van der Waals surface area (Å²) in [5.41, 5.74) is 3.32. The van der Waals surface area contributed by atoms with Crippen LogP contribution < -0.4 is 0 Å². The van der Waals surface area contributed by atoms with E-state index in [9.17, 15) is 9.59 Å². The first kappa shape index (κ1) is 24.3. The number of hydrogen-bond donors (Lipinski definition) is 0. The molecule has 5 heteroatoms. The Hall–Kier alpha value is -1.36. The molecule has 31 heavy (non-hydrogen) atoms. The van der Waals surface area contributed by atoms with Crippen LogP contribution in [0.1, 0.15) is 83.5 Å². The number of allylic oxidation sites excluding steroid dienone is 1. The minimum absolute atomic E-state index is 0.0342. The lowest BCUT2D eigenvalue weighted by molar-refractivity contribution is -0.160. The first-order valence-corrected chi connectivity index (χ1v) is 12.6. The summed E-state index contributed by atoms with van der Waals surface area (Å²) in [5.74, 6) is 0.715. The normalized spacial score (nSPS) is 29.7. The molecule has 2 fully saturated rings. The molecule has 5 nitrogen and oxygen atoms in total. The molecule has 0 aromatic rings. The maximum absolute atomic E-state index is 13.2. The lowest BCUT2D eigenvalue weighted by Gasteiger charge is -2.36. The van der Waals surface area contributed by atoms with Crippen molar-refractivity contribution in [2.45, 2.75) is 89.6 Å². The molecule has 3 aliphatic rings. The van der Waals surface area contributed by atoms with Crippen LogP contribution in [0.2, 0.25) is 0 Å². The van der Waals surface area contributed by atoms with E-state index >= 15 is 0 Å². The monoisotopic (exact) mass is 432 g/mol. The highest BCUT2D eigenvalue weighted by atomic mass is 16.5. The van der Waals surface area contributed by atoms with E-state index in [2.05, 4.69) is 19.0 Å². The summed E-state index contributed by atoms with van der Waals surface area (Å²) >= 11 is 0. The van der Waals surface area contributed by atoms with Gasteiger partial charge in [-0.05, 0) is 90.1 Å². The van der Waals surface area contributed by atoms with Crippen molar-refractivity contribution < 1.29 is 14.3 Å². The van der Waals surface area contributed by atoms with Crippen molar-refractivity contribution in [2.24, 2.45) is 17.8 Å². The lowest BCUT2D eigenvalue weighted by Crippen LogP contribution is -2.36. The van der Waals surface area contributed by atoms with Gasteiger partial charge in [-0.2, -0.15) is 0 Å². The molecule has 0 aliphatic heterocycles. The van der Waals surface area contributed by atoms with E-state index in [1.807, 2.05) is 0 Å². The molecule has 0 N–H and O–H groups in total. The second kappa shape index (κ2) is 11.5. The fourth-order valence-electron chi connectivity index (χ4n) is 6.04. The van der Waals surface area contributed by atoms with Crippen LogP contribution in [0.25, 0.3) is 0 Å². The predicted molar refractivity (Wildman–Crippen MR) is 125 cm³/mol. The molecule has 0 saturated heterocycles. The highest BCUT2D eigenvalue weighted by Gasteiger charge is 2.36. The highest BCUT2D eigenvalue weighted by Crippen LogP contribution is 2.40. The average Bonchev–Trinajstić information content (AvgIpc) is 2.74. The molecule has 1 amide bonds. The number of likely N-dealkylation sites (N-methyl/N-ethyl adjacent to an activating group) is 1. The number of ether oxygens (including phenoxy) is 1. The fraction of sp³-hybridized carbons (Fsp3) is 0.846. The third kappa shape index (κ3) is 6.81. The van der Waals surface area contributed by atoms with Gasteiger partial charge in [-0.15, -0.1) is 0 Å². The van der Waals surface area contributed by atoms with Crippen molar-refractivity contribution in [1.29, 1.82) is 0 Å². The van der Waals surface area contributed by atoms with Gasteiger partial charge in [-0.25, -0.2) is 0 Å². The molecule has 2 saturated carbocycles. The molecule has 4 atom stereocenters. The molecule has 3 rings (SSSR count). The Balaban J connectivity index is 1.61. The number of esters is 1. The van der Waals surface area contributed by atoms with Gasteiger partial charge >= 0.3 is 5.97 Å². The highest BCUT2D eigenvalue weighted by molar-refractivity contribution is 5.78. The fourth-order valence-corrected chi connectivity index (χ4v) is 6.04. The van der Waals surface area contributed by atoms with Gasteiger partial charge in [0.15, 0.2) is 0 Å². The van der Waals surface area contributed by atoms with Gasteiger partial charge in [0.2, 0.25) is 5.91 Å². The molecule has 0 spiro atoms. The number of carbonyl (C=O) groups excluding carboxylic acids is 2. The van der Waals surface area contributed by atoms with E-state index in [4.69, 9.17) is 4.74 Å². The van der Waals surface area contributed by atoms with Gasteiger partial charge in [0, 0.05) is 27.1 Å². The van der Waals surface area contributed by atoms with Gasteiger partial charge in [0.1, 0.15) is 6.10 Å². The third-order valence-electron chi connectivity index (χ3n) is 7.69. The largest absolute Gasteiger partial charge is 0.462 e. The minimum atomic E-state index is -0.101. The zero-order valence-corrected chi connectivity index (χ0v) is 20.3. The SMILES string of the molecule is CN(C)CC1=C(C2CCCC(OC(=O)C3CCCCC3CC(=O)N(C)C)C2)CCCC1. The van der Waals surface area contributed by atoms with Crippen LogP contribution in [0, 0.1) is 17.8 Å². The van der Waals surface area contributed by atoms with Crippen LogP contribution in [0.5, 0.6) is 0 Å². The van der Waals surface area contributed by atoms with E-state index in [0.717, 1.165) is 51.5 Å². The van der Waals surface area contributed by atoms with Gasteiger partial charge < -0.3 is 14.5 Å². The van der Waals surface area contributed by atoms with Crippen LogP contribution in [-0.2, 0) is 14.3 Å². The van der Waals surface area contributed by atoms with E-state index in [-0.39, 0.29) is 29.8 Å². The Morgan fingerprint density at radius 1 is 0.903 bits per heavy atom. The van der Waals surface area contributed by atoms with Gasteiger partial charge in [0.05, 0.1) is 5.92 Å². The standard InChI is InChI=1S/C26H44N2O3/c1-27(2)18-21-11-6-7-14-23(21)19-12-9-13-22(16-19)31-26(30)24-15-8-5-10-20(24)17-25(29)28(3)4/h19-20,22,24H,5-18H2,1-4H3. The summed E-state index contributed by atoms with van der Waals surface area (Å²) in [7, 11) is 7.91. The summed E-state index contributed by atoms with van der Waals surface area (Å²) < 4.78 is 6.14. The second-order valence-corrected chi connectivity index (χ2v) is 10.6. The van der Waals surface area contributed by atoms with Gasteiger partial charge in [0.25, 0.3) is 0 Å². The maximum atomic E-state index is 13.2. The van der Waals surface area contributed by atoms with Crippen molar-refractivity contribution in [3.8, 4) is 0 Å². The molecule has 0 bridgehead atoms. The predicted octanol–water partition coefficient (Wildman–Crippen LogP) is 4.81. The Morgan fingerprint density at radius 2 is 1.65 bits per heavy atom. The average molecular weight is 433 g/mol. The van der Waals surface area contributed by atoms with Crippen molar-refractivity contribution in [2.75, 3.05) is 34.7 Å². The summed E-state index contributed by atoms with van der Waals surface area (Å²) in [5, 5.41) is 0. The minimum Gasteiger partial charge on any atom is -0.462 e. The Bertz CT molecular complexity index is 655. The number of carbonyl (C=O) groups is 2. The summed E-state index contributed by atoms with van der Waals surface area (Å²) in [6, 6.07) is 0. The molecule has 3 aliphatic carbocycles. The Morgan fingerprint density at radius 3 is 2.39 bits per heavy atom. The van der Waals surface area contributed by atoms with Crippen molar-refractivity contribution in [3.05, 3.63) is 11.1 Å². The Kier molecular flexibility index (Phi) is 9.00. The summed E-state index contributed by atoms with van der Waals surface area (Å²) in [4.78, 5) is 29.4. The van der Waals surface area contributed by atoms with Gasteiger partial charge in [-0.3, -0.25) is 9.59 Å². The number of hydrogen-bond acceptors (Lipinski definition) is 4. The first-order chi connectivity index (χ1) is 14.8. The molecular weight excluding hydrogens is 388 g/mol. The second-order valence-electron chi connectivity index (χ2n) is 10.6. The van der Waals surface area contributed by atoms with E-state index in [0.29, 0.717) is 12.3 Å². The quantitative estimate of drug-likeness (QED) is 0.428. The number of amides is 1. The molecule has 0 heterocycles.